The third kappa shape index (κ3) is 8.69. The Morgan fingerprint density at radius 1 is 1.08 bits per heavy atom. The third-order valence-electron chi connectivity index (χ3n) is 6.09. The molecule has 0 radical (unpaired) electrons. The van der Waals surface area contributed by atoms with Gasteiger partial charge in [-0.15, -0.1) is 0 Å². The molecule has 2 aromatic heterocycles. The molecule has 0 aliphatic heterocycles. The molecule has 39 heavy (non-hydrogen) atoms. The summed E-state index contributed by atoms with van der Waals surface area (Å²) in [5, 5.41) is 6.04. The van der Waals surface area contributed by atoms with Crippen molar-refractivity contribution >= 4 is 17.6 Å². The largest absolute Gasteiger partial charge is 0.333 e. The number of likely N-dealkylation sites (N-methyl/N-ethyl adjacent to an activating group) is 2. The Bertz CT molecular complexity index is 1330. The molecule has 0 saturated heterocycles. The molecule has 4 rings (SSSR count). The van der Waals surface area contributed by atoms with Crippen LogP contribution < -0.4 is 10.6 Å². The highest BCUT2D eigenvalue weighted by atomic mass is 19.1. The van der Waals surface area contributed by atoms with Crippen LogP contribution in [-0.2, 0) is 22.4 Å². The third-order valence-corrected chi connectivity index (χ3v) is 6.09. The Labute approximate surface area is 228 Å². The van der Waals surface area contributed by atoms with E-state index in [0.29, 0.717) is 25.2 Å². The molecule has 1 unspecified atom stereocenters. The molecule has 9 heteroatoms. The van der Waals surface area contributed by atoms with E-state index >= 15 is 0 Å². The molecule has 2 N–H and O–H groups in total. The molecule has 0 fully saturated rings. The smallest absolute Gasteiger partial charge is 0.242 e. The van der Waals surface area contributed by atoms with E-state index in [0.717, 1.165) is 29.4 Å². The quantitative estimate of drug-likeness (QED) is 0.468. The number of benzene rings is 1. The van der Waals surface area contributed by atoms with E-state index in [2.05, 4.69) is 32.4 Å². The monoisotopic (exact) mass is 533 g/mol. The number of amides is 2. The highest BCUT2D eigenvalue weighted by molar-refractivity contribution is 5.92. The van der Waals surface area contributed by atoms with E-state index in [1.807, 2.05) is 39.0 Å². The Hall–Kier alpha value is -4.16. The number of rotatable bonds is 6. The minimum Gasteiger partial charge on any atom is -0.333 e. The lowest BCUT2D eigenvalue weighted by Gasteiger charge is -2.28. The van der Waals surface area contributed by atoms with Gasteiger partial charge in [0.15, 0.2) is 0 Å². The van der Waals surface area contributed by atoms with Gasteiger partial charge in [-0.3, -0.25) is 14.6 Å². The molecule has 3 aromatic rings. The molecule has 2 heterocycles. The number of anilines is 1. The molecule has 7 nitrogen and oxygen atoms in total. The van der Waals surface area contributed by atoms with Crippen LogP contribution in [0.2, 0.25) is 0 Å². The molecule has 0 bridgehead atoms. The zero-order valence-corrected chi connectivity index (χ0v) is 22.6. The average molecular weight is 534 g/mol. The number of carbonyl (C=O) groups excluding carboxylic acids is 2. The summed E-state index contributed by atoms with van der Waals surface area (Å²) >= 11 is 0. The number of aromatic nitrogens is 2. The zero-order chi connectivity index (χ0) is 28.4. The number of hydrogen-bond acceptors (Lipinski definition) is 5. The van der Waals surface area contributed by atoms with Crippen LogP contribution in [0, 0.1) is 29.4 Å². The van der Waals surface area contributed by atoms with Crippen molar-refractivity contribution in [1.82, 2.24) is 20.2 Å². The van der Waals surface area contributed by atoms with Crippen LogP contribution in [0.15, 0.2) is 60.9 Å². The number of halogens is 2. The fourth-order valence-electron chi connectivity index (χ4n) is 4.18. The van der Waals surface area contributed by atoms with Crippen molar-refractivity contribution in [3.8, 4) is 11.8 Å². The van der Waals surface area contributed by atoms with Gasteiger partial charge in [-0.25, -0.2) is 13.8 Å². The summed E-state index contributed by atoms with van der Waals surface area (Å²) in [4.78, 5) is 35.3. The van der Waals surface area contributed by atoms with Crippen molar-refractivity contribution in [3.05, 3.63) is 89.4 Å². The summed E-state index contributed by atoms with van der Waals surface area (Å²) in [7, 11) is 1.75. The van der Waals surface area contributed by atoms with Gasteiger partial charge in [-0.05, 0) is 62.7 Å². The lowest BCUT2D eigenvalue weighted by atomic mass is 10.0. The van der Waals surface area contributed by atoms with Gasteiger partial charge in [0, 0.05) is 49.1 Å². The number of carbonyl (C=O) groups is 2. The van der Waals surface area contributed by atoms with Crippen LogP contribution in [0.5, 0.6) is 0 Å². The first kappa shape index (κ1) is 29.4. The van der Waals surface area contributed by atoms with Crippen LogP contribution in [0.3, 0.4) is 0 Å². The number of pyridine rings is 2. The first-order valence-electron chi connectivity index (χ1n) is 12.7. The van der Waals surface area contributed by atoms with Crippen molar-refractivity contribution in [1.29, 1.82) is 0 Å². The molecule has 0 spiro atoms. The fraction of sp³-hybridized carbons (Fsp3) is 0.333. The summed E-state index contributed by atoms with van der Waals surface area (Å²) < 4.78 is 23.9. The van der Waals surface area contributed by atoms with Gasteiger partial charge in [-0.1, -0.05) is 30.9 Å². The second-order valence-electron chi connectivity index (χ2n) is 9.70. The summed E-state index contributed by atoms with van der Waals surface area (Å²) in [6.45, 7) is 6.77. The normalized spacial score (nSPS) is 13.7. The number of hydrogen-bond donors (Lipinski definition) is 2. The molecular formula is C30H33F2N5O2. The van der Waals surface area contributed by atoms with E-state index in [1.54, 1.807) is 30.4 Å². The Balaban J connectivity index is 0.000000449. The summed E-state index contributed by atoms with van der Waals surface area (Å²) in [6, 6.07) is 12.0. The van der Waals surface area contributed by atoms with E-state index in [-0.39, 0.29) is 17.7 Å². The Morgan fingerprint density at radius 3 is 2.44 bits per heavy atom. The van der Waals surface area contributed by atoms with E-state index in [4.69, 9.17) is 0 Å². The Kier molecular flexibility index (Phi) is 10.2. The van der Waals surface area contributed by atoms with E-state index in [9.17, 15) is 18.4 Å². The molecule has 1 aliphatic rings. The highest BCUT2D eigenvalue weighted by Crippen LogP contribution is 2.26. The molecule has 204 valence electrons. The van der Waals surface area contributed by atoms with Crippen molar-refractivity contribution in [2.24, 2.45) is 5.92 Å². The highest BCUT2D eigenvalue weighted by Gasteiger charge is 2.29. The van der Waals surface area contributed by atoms with Crippen LogP contribution in [0.1, 0.15) is 37.6 Å². The predicted octanol–water partition coefficient (Wildman–Crippen LogP) is 3.99. The van der Waals surface area contributed by atoms with Gasteiger partial charge < -0.3 is 15.5 Å². The number of fused-ring (bicyclic) bond motifs is 1. The molecule has 0 saturated carbocycles. The van der Waals surface area contributed by atoms with Gasteiger partial charge in [0.2, 0.25) is 11.8 Å². The van der Waals surface area contributed by atoms with Gasteiger partial charge in [0.05, 0.1) is 12.1 Å². The zero-order valence-electron chi connectivity index (χ0n) is 22.6. The van der Waals surface area contributed by atoms with Crippen molar-refractivity contribution < 1.29 is 18.4 Å². The van der Waals surface area contributed by atoms with Crippen molar-refractivity contribution in [3.63, 3.8) is 0 Å². The maximum atomic E-state index is 12.6. The summed E-state index contributed by atoms with van der Waals surface area (Å²) in [6.07, 6.45) is 4.62. The van der Waals surface area contributed by atoms with Gasteiger partial charge in [0.1, 0.15) is 17.5 Å². The van der Waals surface area contributed by atoms with Gasteiger partial charge in [0.25, 0.3) is 0 Å². The summed E-state index contributed by atoms with van der Waals surface area (Å²) in [5.74, 6) is 5.41. The second-order valence-corrected chi connectivity index (χ2v) is 9.70. The van der Waals surface area contributed by atoms with Crippen LogP contribution >= 0.6 is 0 Å². The second kappa shape index (κ2) is 13.6. The molecular weight excluding hydrogens is 500 g/mol. The lowest BCUT2D eigenvalue weighted by molar-refractivity contribution is -0.135. The van der Waals surface area contributed by atoms with E-state index < -0.39 is 17.2 Å². The number of nitrogens with zero attached hydrogens (tertiary/aromatic N) is 3. The minimum absolute atomic E-state index is 0.00233. The number of nitrogens with one attached hydrogen (secondary N) is 2. The van der Waals surface area contributed by atoms with Crippen LogP contribution in [0.25, 0.3) is 0 Å². The maximum Gasteiger partial charge on any atom is 0.242 e. The molecule has 2 amide bonds. The standard InChI is InChI=1S/C24H29N5O2.C6H4F2/c1-5-27-24(2,3)23(31)29(4)12-8-9-17-13-18-14-19(15-20(18)26-16-17)22(30)28-21-10-6-7-11-25-21;7-5-2-1-3-6(8)4-5/h6-7,10-11,13,16,19,27H,5,12,14-15H2,1-4H3,(H,25,28,30);1-4H. The van der Waals surface area contributed by atoms with Crippen molar-refractivity contribution in [2.75, 3.05) is 25.5 Å². The minimum atomic E-state index is -0.620. The average Bonchev–Trinajstić information content (AvgIpc) is 3.33. The van der Waals surface area contributed by atoms with Gasteiger partial charge in [-0.2, -0.15) is 0 Å². The van der Waals surface area contributed by atoms with Crippen LogP contribution in [-0.4, -0.2) is 52.4 Å². The van der Waals surface area contributed by atoms with Crippen LogP contribution in [0.4, 0.5) is 14.6 Å². The topological polar surface area (TPSA) is 87.2 Å². The Morgan fingerprint density at radius 2 is 1.82 bits per heavy atom. The van der Waals surface area contributed by atoms with Crippen molar-refractivity contribution in [2.45, 2.75) is 39.2 Å². The fourth-order valence-corrected chi connectivity index (χ4v) is 4.18. The predicted molar refractivity (Wildman–Crippen MR) is 147 cm³/mol. The maximum absolute atomic E-state index is 12.6. The molecule has 1 aromatic carbocycles. The lowest BCUT2D eigenvalue weighted by Crippen LogP contribution is -2.53. The molecule has 1 aliphatic carbocycles. The molecule has 1 atom stereocenters. The summed E-state index contributed by atoms with van der Waals surface area (Å²) in [5.41, 5.74) is 2.15. The SMILES string of the molecule is CCNC(C)(C)C(=O)N(C)CC#Cc1cnc2c(c1)CC(C(=O)Nc1ccccn1)C2.Fc1cccc(F)c1. The van der Waals surface area contributed by atoms with Gasteiger partial charge >= 0.3 is 0 Å². The van der Waals surface area contributed by atoms with E-state index in [1.165, 1.54) is 18.2 Å². The first-order chi connectivity index (χ1) is 18.6. The first-order valence-corrected chi connectivity index (χ1v) is 12.7.